The molecular weight excluding hydrogens is 296 g/mol. The molecule has 9 heteroatoms. The predicted molar refractivity (Wildman–Crippen MR) is 76.3 cm³/mol. The van der Waals surface area contributed by atoms with Gasteiger partial charge in [-0.1, -0.05) is 6.42 Å². The molecule has 1 atom stereocenters. The number of likely N-dealkylation sites (N-methyl/N-ethyl adjacent to an activating group) is 1. The van der Waals surface area contributed by atoms with Crippen molar-refractivity contribution in [3.63, 3.8) is 0 Å². The van der Waals surface area contributed by atoms with Crippen molar-refractivity contribution >= 4 is 15.8 Å². The minimum atomic E-state index is -3.67. The van der Waals surface area contributed by atoms with Crippen molar-refractivity contribution < 1.29 is 13.3 Å². The van der Waals surface area contributed by atoms with Gasteiger partial charge in [-0.15, -0.1) is 0 Å². The molecule has 1 saturated heterocycles. The van der Waals surface area contributed by atoms with E-state index in [4.69, 9.17) is 0 Å². The first kappa shape index (κ1) is 15.8. The summed E-state index contributed by atoms with van der Waals surface area (Å²) in [7, 11) is -2.17. The Balaban J connectivity index is 2.10. The van der Waals surface area contributed by atoms with Crippen molar-refractivity contribution in [3.05, 3.63) is 28.4 Å². The lowest BCUT2D eigenvalue weighted by atomic mass is 10.1. The van der Waals surface area contributed by atoms with E-state index in [2.05, 4.69) is 10.3 Å². The van der Waals surface area contributed by atoms with Crippen LogP contribution in [0.2, 0.25) is 0 Å². The van der Waals surface area contributed by atoms with Crippen molar-refractivity contribution in [3.8, 4) is 0 Å². The van der Waals surface area contributed by atoms with E-state index >= 15 is 0 Å². The lowest BCUT2D eigenvalue weighted by Gasteiger charge is -2.27. The first-order valence-corrected chi connectivity index (χ1v) is 8.15. The van der Waals surface area contributed by atoms with Gasteiger partial charge < -0.3 is 15.4 Å². The molecule has 0 bridgehead atoms. The average molecular weight is 314 g/mol. The summed E-state index contributed by atoms with van der Waals surface area (Å²) in [5.41, 5.74) is 0. The van der Waals surface area contributed by atoms with Gasteiger partial charge in [0.2, 0.25) is 10.0 Å². The molecule has 1 aliphatic heterocycles. The molecule has 2 heterocycles. The summed E-state index contributed by atoms with van der Waals surface area (Å²) in [6.45, 7) is 1.27. The number of nitrogens with one attached hydrogen (secondary N) is 1. The third-order valence-corrected chi connectivity index (χ3v) is 5.31. The molecule has 0 radical (unpaired) electrons. The van der Waals surface area contributed by atoms with Crippen molar-refractivity contribution in [2.75, 3.05) is 20.1 Å². The second kappa shape index (κ2) is 6.46. The fourth-order valence-corrected chi connectivity index (χ4v) is 3.46. The molecular formula is C12H18N4O4S. The number of rotatable bonds is 5. The molecule has 0 saturated carbocycles. The summed E-state index contributed by atoms with van der Waals surface area (Å²) < 4.78 is 26.0. The summed E-state index contributed by atoms with van der Waals surface area (Å²) >= 11 is 0. The van der Waals surface area contributed by atoms with Crippen LogP contribution in [0.25, 0.3) is 0 Å². The number of pyridine rings is 1. The molecule has 1 aromatic rings. The lowest BCUT2D eigenvalue weighted by Crippen LogP contribution is -2.44. The van der Waals surface area contributed by atoms with Crippen molar-refractivity contribution in [2.45, 2.75) is 30.2 Å². The highest BCUT2D eigenvalue weighted by Gasteiger charge is 2.26. The molecule has 0 aromatic carbocycles. The van der Waals surface area contributed by atoms with Gasteiger partial charge in [0.05, 0.1) is 0 Å². The molecule has 116 valence electrons. The van der Waals surface area contributed by atoms with Crippen molar-refractivity contribution in [2.24, 2.45) is 0 Å². The molecule has 0 aliphatic carbocycles. The average Bonchev–Trinajstić information content (AvgIpc) is 2.48. The van der Waals surface area contributed by atoms with Gasteiger partial charge in [0.1, 0.15) is 4.90 Å². The second-order valence-corrected chi connectivity index (χ2v) is 7.09. The van der Waals surface area contributed by atoms with E-state index in [-0.39, 0.29) is 16.8 Å². The number of aromatic nitrogens is 1. The first-order valence-electron chi connectivity index (χ1n) is 6.71. The fourth-order valence-electron chi connectivity index (χ4n) is 2.30. The molecule has 2 rings (SSSR count). The molecule has 1 unspecified atom stereocenters. The molecule has 8 nitrogen and oxygen atoms in total. The summed E-state index contributed by atoms with van der Waals surface area (Å²) in [6, 6.07) is 2.45. The van der Waals surface area contributed by atoms with Crippen LogP contribution in [0.15, 0.2) is 23.2 Å². The highest BCUT2D eigenvalue weighted by atomic mass is 32.2. The van der Waals surface area contributed by atoms with Crippen LogP contribution in [0.3, 0.4) is 0 Å². The van der Waals surface area contributed by atoms with Gasteiger partial charge in [-0.3, -0.25) is 0 Å². The Morgan fingerprint density at radius 2 is 2.24 bits per heavy atom. The fraction of sp³-hybridized carbons (Fsp3) is 0.583. The maximum atomic E-state index is 12.4. The molecule has 1 aliphatic rings. The zero-order valence-corrected chi connectivity index (χ0v) is 12.5. The number of nitro groups is 1. The zero-order valence-electron chi connectivity index (χ0n) is 11.7. The van der Waals surface area contributed by atoms with Crippen LogP contribution >= 0.6 is 0 Å². The minimum absolute atomic E-state index is 0.0357. The minimum Gasteiger partial charge on any atom is -0.358 e. The normalized spacial score (nSPS) is 19.6. The standard InChI is InChI=1S/C12H18N4O4S/c1-15(9-10-4-2-3-7-13-10)21(19,20)11-5-6-12(14-8-11)16(17)18/h5-6,8,10,13H,2-4,7,9H2,1H3. The monoisotopic (exact) mass is 314 g/mol. The van der Waals surface area contributed by atoms with Crippen LogP contribution in [0.5, 0.6) is 0 Å². The van der Waals surface area contributed by atoms with Crippen LogP contribution in [-0.4, -0.2) is 48.8 Å². The lowest BCUT2D eigenvalue weighted by molar-refractivity contribution is -0.389. The Kier molecular flexibility index (Phi) is 4.86. The second-order valence-electron chi connectivity index (χ2n) is 5.04. The van der Waals surface area contributed by atoms with Crippen LogP contribution in [0.1, 0.15) is 19.3 Å². The summed E-state index contributed by atoms with van der Waals surface area (Å²) in [5.74, 6) is -0.370. The first-order chi connectivity index (χ1) is 9.91. The van der Waals surface area contributed by atoms with E-state index in [1.807, 2.05) is 0 Å². The van der Waals surface area contributed by atoms with Gasteiger partial charge >= 0.3 is 5.82 Å². The summed E-state index contributed by atoms with van der Waals surface area (Å²) in [6.07, 6.45) is 4.17. The van der Waals surface area contributed by atoms with E-state index in [1.165, 1.54) is 17.4 Å². The number of sulfonamides is 1. The number of piperidine rings is 1. The highest BCUT2D eigenvalue weighted by Crippen LogP contribution is 2.17. The number of hydrogen-bond acceptors (Lipinski definition) is 6. The van der Waals surface area contributed by atoms with E-state index in [0.29, 0.717) is 6.54 Å². The van der Waals surface area contributed by atoms with Gasteiger partial charge in [0, 0.05) is 25.7 Å². The SMILES string of the molecule is CN(CC1CCCCN1)S(=O)(=O)c1ccc([N+](=O)[O-])nc1. The molecule has 0 spiro atoms. The van der Waals surface area contributed by atoms with Gasteiger partial charge in [-0.2, -0.15) is 4.31 Å². The Bertz CT molecular complexity index is 596. The van der Waals surface area contributed by atoms with E-state index in [1.54, 1.807) is 0 Å². The topological polar surface area (TPSA) is 105 Å². The van der Waals surface area contributed by atoms with Crippen molar-refractivity contribution in [1.82, 2.24) is 14.6 Å². The molecule has 1 N–H and O–H groups in total. The smallest absolute Gasteiger partial charge is 0.358 e. The van der Waals surface area contributed by atoms with Gasteiger partial charge in [0.15, 0.2) is 6.20 Å². The van der Waals surface area contributed by atoms with Crippen molar-refractivity contribution in [1.29, 1.82) is 0 Å². The van der Waals surface area contributed by atoms with E-state index in [0.717, 1.165) is 38.1 Å². The predicted octanol–water partition coefficient (Wildman–Crippen LogP) is 0.752. The van der Waals surface area contributed by atoms with Gasteiger partial charge in [0.25, 0.3) is 0 Å². The largest absolute Gasteiger partial charge is 0.363 e. The maximum absolute atomic E-state index is 12.4. The Labute approximate surface area is 123 Å². The highest BCUT2D eigenvalue weighted by molar-refractivity contribution is 7.89. The third kappa shape index (κ3) is 3.74. The van der Waals surface area contributed by atoms with Gasteiger partial charge in [-0.25, -0.2) is 8.42 Å². The van der Waals surface area contributed by atoms with Crippen LogP contribution in [0, 0.1) is 10.1 Å². The molecule has 1 aromatic heterocycles. The van der Waals surface area contributed by atoms with Gasteiger partial charge in [-0.05, 0) is 35.4 Å². The van der Waals surface area contributed by atoms with Crippen LogP contribution in [-0.2, 0) is 10.0 Å². The van der Waals surface area contributed by atoms with Crippen LogP contribution < -0.4 is 5.32 Å². The molecule has 21 heavy (non-hydrogen) atoms. The Hall–Kier alpha value is -1.58. The quantitative estimate of drug-likeness (QED) is 0.635. The Morgan fingerprint density at radius 1 is 1.48 bits per heavy atom. The molecule has 1 fully saturated rings. The van der Waals surface area contributed by atoms with E-state index in [9.17, 15) is 18.5 Å². The van der Waals surface area contributed by atoms with E-state index < -0.39 is 14.9 Å². The van der Waals surface area contributed by atoms with Crippen LogP contribution in [0.4, 0.5) is 5.82 Å². The number of nitrogens with zero attached hydrogens (tertiary/aromatic N) is 3. The number of hydrogen-bond donors (Lipinski definition) is 1. The zero-order chi connectivity index (χ0) is 15.5. The third-order valence-electron chi connectivity index (χ3n) is 3.51. The maximum Gasteiger partial charge on any atom is 0.363 e. The molecule has 0 amide bonds. The summed E-state index contributed by atoms with van der Waals surface area (Å²) in [5, 5.41) is 13.8. The summed E-state index contributed by atoms with van der Waals surface area (Å²) in [4.78, 5) is 13.4. The Morgan fingerprint density at radius 3 is 2.76 bits per heavy atom.